The fourth-order valence-electron chi connectivity index (χ4n) is 2.64. The average molecular weight is 197 g/mol. The molecule has 1 atom stereocenters. The van der Waals surface area contributed by atoms with Gasteiger partial charge in [0.15, 0.2) is 0 Å². The third kappa shape index (κ3) is 1.95. The van der Waals surface area contributed by atoms with Crippen LogP contribution in [0.2, 0.25) is 0 Å². The number of rotatable bonds is 4. The Morgan fingerprint density at radius 3 is 2.64 bits per heavy atom. The van der Waals surface area contributed by atoms with E-state index in [4.69, 9.17) is 5.73 Å². The van der Waals surface area contributed by atoms with Gasteiger partial charge in [0.05, 0.1) is 0 Å². The second-order valence-electron chi connectivity index (χ2n) is 5.23. The van der Waals surface area contributed by atoms with Crippen molar-refractivity contribution in [1.29, 1.82) is 0 Å². The molecule has 0 spiro atoms. The highest BCUT2D eigenvalue weighted by molar-refractivity contribution is 5.04. The van der Waals surface area contributed by atoms with Gasteiger partial charge >= 0.3 is 0 Å². The van der Waals surface area contributed by atoms with Crippen molar-refractivity contribution in [2.24, 2.45) is 11.7 Å². The lowest BCUT2D eigenvalue weighted by Crippen LogP contribution is -2.43. The first-order chi connectivity index (χ1) is 6.66. The summed E-state index contributed by atoms with van der Waals surface area (Å²) >= 11 is 0. The Bertz CT molecular complexity index is 201. The molecule has 0 amide bonds. The lowest BCUT2D eigenvalue weighted by atomic mass is 10.1. The van der Waals surface area contributed by atoms with Gasteiger partial charge in [-0.15, -0.1) is 0 Å². The Labute approximate surface area is 87.2 Å². The van der Waals surface area contributed by atoms with E-state index in [0.29, 0.717) is 5.54 Å². The van der Waals surface area contributed by atoms with E-state index in [1.165, 1.54) is 38.9 Å². The molecule has 2 rings (SSSR count). The molecule has 0 bridgehead atoms. The molecule has 1 aliphatic heterocycles. The molecule has 1 heterocycles. The van der Waals surface area contributed by atoms with Crippen molar-refractivity contribution >= 4 is 0 Å². The van der Waals surface area contributed by atoms with Gasteiger partial charge in [0.1, 0.15) is 0 Å². The van der Waals surface area contributed by atoms with E-state index in [-0.39, 0.29) is 0 Å². The number of nitrogens with two attached hydrogens (primary N) is 1. The van der Waals surface area contributed by atoms with Crippen molar-refractivity contribution in [2.45, 2.75) is 24.8 Å². The van der Waals surface area contributed by atoms with E-state index in [9.17, 15) is 0 Å². The van der Waals surface area contributed by atoms with Crippen molar-refractivity contribution in [3.63, 3.8) is 0 Å². The van der Waals surface area contributed by atoms with E-state index < -0.39 is 0 Å². The molecule has 1 aliphatic carbocycles. The first-order valence-electron chi connectivity index (χ1n) is 5.76. The lowest BCUT2D eigenvalue weighted by Gasteiger charge is -2.29. The lowest BCUT2D eigenvalue weighted by molar-refractivity contribution is 0.193. The van der Waals surface area contributed by atoms with Crippen molar-refractivity contribution in [3.8, 4) is 0 Å². The van der Waals surface area contributed by atoms with Gasteiger partial charge in [-0.3, -0.25) is 4.90 Å². The van der Waals surface area contributed by atoms with Gasteiger partial charge in [-0.1, -0.05) is 0 Å². The zero-order valence-corrected chi connectivity index (χ0v) is 9.50. The van der Waals surface area contributed by atoms with Gasteiger partial charge < -0.3 is 10.6 Å². The summed E-state index contributed by atoms with van der Waals surface area (Å²) in [4.78, 5) is 4.94. The predicted molar refractivity (Wildman–Crippen MR) is 59.3 cm³/mol. The largest absolute Gasteiger partial charge is 0.329 e. The average Bonchev–Trinajstić information content (AvgIpc) is 2.87. The molecule has 0 aromatic heterocycles. The van der Waals surface area contributed by atoms with E-state index in [0.717, 1.165) is 12.5 Å². The minimum absolute atomic E-state index is 0.390. The highest BCUT2D eigenvalue weighted by atomic mass is 15.2. The zero-order chi connectivity index (χ0) is 10.2. The monoisotopic (exact) mass is 197 g/mol. The van der Waals surface area contributed by atoms with Gasteiger partial charge in [-0.2, -0.15) is 0 Å². The fraction of sp³-hybridized carbons (Fsp3) is 1.00. The van der Waals surface area contributed by atoms with Gasteiger partial charge in [0.25, 0.3) is 0 Å². The maximum absolute atomic E-state index is 5.82. The molecule has 1 unspecified atom stereocenters. The maximum Gasteiger partial charge on any atom is 0.0330 e. The predicted octanol–water partition coefficient (Wildman–Crippen LogP) is 0.361. The topological polar surface area (TPSA) is 32.5 Å². The van der Waals surface area contributed by atoms with Crippen LogP contribution >= 0.6 is 0 Å². The highest BCUT2D eigenvalue weighted by Gasteiger charge is 2.45. The molecular weight excluding hydrogens is 174 g/mol. The number of hydrogen-bond acceptors (Lipinski definition) is 3. The summed E-state index contributed by atoms with van der Waals surface area (Å²) in [5, 5.41) is 0. The van der Waals surface area contributed by atoms with Gasteiger partial charge in [0.2, 0.25) is 0 Å². The highest BCUT2D eigenvalue weighted by Crippen LogP contribution is 2.40. The van der Waals surface area contributed by atoms with E-state index in [1.807, 2.05) is 0 Å². The maximum atomic E-state index is 5.82. The normalized spacial score (nSPS) is 31.3. The molecule has 3 heteroatoms. The van der Waals surface area contributed by atoms with Crippen LogP contribution in [0.4, 0.5) is 0 Å². The molecule has 1 saturated heterocycles. The molecule has 2 aliphatic rings. The molecule has 0 radical (unpaired) electrons. The Kier molecular flexibility index (Phi) is 2.82. The Morgan fingerprint density at radius 1 is 1.50 bits per heavy atom. The van der Waals surface area contributed by atoms with Crippen molar-refractivity contribution in [3.05, 3.63) is 0 Å². The smallest absolute Gasteiger partial charge is 0.0330 e. The minimum atomic E-state index is 0.390. The van der Waals surface area contributed by atoms with E-state index in [2.05, 4.69) is 23.9 Å². The molecule has 3 nitrogen and oxygen atoms in total. The second kappa shape index (κ2) is 3.80. The summed E-state index contributed by atoms with van der Waals surface area (Å²) in [6.07, 6.45) is 3.98. The SMILES string of the molecule is CN1CCC(CN(C)C2(CN)CC2)C1. The minimum Gasteiger partial charge on any atom is -0.329 e. The summed E-state index contributed by atoms with van der Waals surface area (Å²) in [5.41, 5.74) is 6.21. The first kappa shape index (κ1) is 10.4. The van der Waals surface area contributed by atoms with Crippen LogP contribution in [0, 0.1) is 5.92 Å². The second-order valence-corrected chi connectivity index (χ2v) is 5.23. The first-order valence-corrected chi connectivity index (χ1v) is 5.76. The van der Waals surface area contributed by atoms with Gasteiger partial charge in [-0.25, -0.2) is 0 Å². The van der Waals surface area contributed by atoms with Crippen molar-refractivity contribution in [2.75, 3.05) is 40.3 Å². The number of likely N-dealkylation sites (tertiary alicyclic amines) is 1. The van der Waals surface area contributed by atoms with Crippen LogP contribution in [0.1, 0.15) is 19.3 Å². The summed E-state index contributed by atoms with van der Waals surface area (Å²) in [7, 11) is 4.47. The summed E-state index contributed by atoms with van der Waals surface area (Å²) < 4.78 is 0. The molecular formula is C11H23N3. The Balaban J connectivity index is 1.80. The standard InChI is InChI=1S/C11H23N3/c1-13-6-3-10(7-13)8-14(2)11(9-12)4-5-11/h10H,3-9,12H2,1-2H3. The van der Waals surface area contributed by atoms with Crippen molar-refractivity contribution < 1.29 is 0 Å². The number of hydrogen-bond donors (Lipinski definition) is 1. The van der Waals surface area contributed by atoms with Crippen LogP contribution in [-0.2, 0) is 0 Å². The number of likely N-dealkylation sites (N-methyl/N-ethyl adjacent to an activating group) is 1. The molecule has 14 heavy (non-hydrogen) atoms. The summed E-state index contributed by atoms with van der Waals surface area (Å²) in [6.45, 7) is 4.62. The Hall–Kier alpha value is -0.120. The van der Waals surface area contributed by atoms with E-state index >= 15 is 0 Å². The molecule has 0 aromatic rings. The third-order valence-electron chi connectivity index (χ3n) is 4.04. The van der Waals surface area contributed by atoms with Crippen LogP contribution in [0.3, 0.4) is 0 Å². The van der Waals surface area contributed by atoms with Crippen molar-refractivity contribution in [1.82, 2.24) is 9.80 Å². The quantitative estimate of drug-likeness (QED) is 0.706. The number of nitrogens with zero attached hydrogens (tertiary/aromatic N) is 2. The fourth-order valence-corrected chi connectivity index (χ4v) is 2.64. The van der Waals surface area contributed by atoms with Crippen LogP contribution in [0.5, 0.6) is 0 Å². The summed E-state index contributed by atoms with van der Waals surface area (Å²) in [5.74, 6) is 0.869. The van der Waals surface area contributed by atoms with E-state index in [1.54, 1.807) is 0 Å². The third-order valence-corrected chi connectivity index (χ3v) is 4.04. The molecule has 2 fully saturated rings. The molecule has 2 N–H and O–H groups in total. The summed E-state index contributed by atoms with van der Waals surface area (Å²) in [6, 6.07) is 0. The zero-order valence-electron chi connectivity index (χ0n) is 9.50. The van der Waals surface area contributed by atoms with Gasteiger partial charge in [0, 0.05) is 25.2 Å². The molecule has 0 aromatic carbocycles. The molecule has 1 saturated carbocycles. The van der Waals surface area contributed by atoms with Gasteiger partial charge in [-0.05, 0) is 45.8 Å². The van der Waals surface area contributed by atoms with Crippen LogP contribution in [0.15, 0.2) is 0 Å². The van der Waals surface area contributed by atoms with Crippen LogP contribution in [-0.4, -0.2) is 55.6 Å². The van der Waals surface area contributed by atoms with Crippen LogP contribution in [0.25, 0.3) is 0 Å². The van der Waals surface area contributed by atoms with Crippen LogP contribution < -0.4 is 5.73 Å². The Morgan fingerprint density at radius 2 is 2.21 bits per heavy atom. The molecule has 82 valence electrons.